The van der Waals surface area contributed by atoms with E-state index in [0.29, 0.717) is 13.1 Å². The van der Waals surface area contributed by atoms with E-state index in [-0.39, 0.29) is 12.7 Å². The second kappa shape index (κ2) is 12.2. The Balaban J connectivity index is 0.00000173. The molecule has 0 unspecified atom stereocenters. The lowest BCUT2D eigenvalue weighted by molar-refractivity contribution is 0.0240. The van der Waals surface area contributed by atoms with Gasteiger partial charge in [-0.25, -0.2) is 14.3 Å². The monoisotopic (exact) mass is 566 g/mol. The fourth-order valence-electron chi connectivity index (χ4n) is 5.08. The van der Waals surface area contributed by atoms with Crippen LogP contribution in [0.1, 0.15) is 40.2 Å². The zero-order valence-corrected chi connectivity index (χ0v) is 24.9. The second-order valence-electron chi connectivity index (χ2n) is 11.0. The first-order chi connectivity index (χ1) is 20.3. The summed E-state index contributed by atoms with van der Waals surface area (Å²) < 4.78 is 7.32. The number of anilines is 1. The van der Waals surface area contributed by atoms with Gasteiger partial charge < -0.3 is 19.6 Å². The largest absolute Gasteiger partial charge is 0.444 e. The van der Waals surface area contributed by atoms with Gasteiger partial charge in [0.15, 0.2) is 5.65 Å². The van der Waals surface area contributed by atoms with Crippen molar-refractivity contribution in [2.75, 3.05) is 31.1 Å². The minimum atomic E-state index is -0.488. The molecule has 0 bridgehead atoms. The van der Waals surface area contributed by atoms with Crippen LogP contribution in [0.3, 0.4) is 0 Å². The number of aliphatic hydroxyl groups excluding tert-OH is 1. The molecule has 0 aliphatic carbocycles. The van der Waals surface area contributed by atoms with Gasteiger partial charge in [-0.1, -0.05) is 38.1 Å². The summed E-state index contributed by atoms with van der Waals surface area (Å²) in [6.45, 7) is 12.4. The number of aliphatic hydroxyl groups is 1. The van der Waals surface area contributed by atoms with E-state index >= 15 is 0 Å². The van der Waals surface area contributed by atoms with Crippen LogP contribution in [0.5, 0.6) is 0 Å². The van der Waals surface area contributed by atoms with E-state index in [4.69, 9.17) is 9.72 Å². The molecule has 0 radical (unpaired) electrons. The first kappa shape index (κ1) is 29.0. The van der Waals surface area contributed by atoms with Gasteiger partial charge in [-0.3, -0.25) is 4.98 Å². The van der Waals surface area contributed by atoms with Gasteiger partial charge >= 0.3 is 6.09 Å². The summed E-state index contributed by atoms with van der Waals surface area (Å²) >= 11 is 0. The van der Waals surface area contributed by atoms with Gasteiger partial charge in [0.1, 0.15) is 5.60 Å². The molecule has 6 rings (SSSR count). The number of carbonyl (C=O) groups is 1. The Bertz CT molecular complexity index is 1680. The molecule has 5 aromatic rings. The standard InChI is InChI=1S/C31H32N6O3.C2H6/c1-31(2,3)40-30(39)36-14-12-35(13-15-36)24-7-5-22(6-8-24)23-17-33-29-27(18-34-37(29)19-23)25-10-11-32-28-16-21(20-38)4-9-26(25)28;1-2/h4-11,16-19,38H,12-15,20H2,1-3H3;1-2H3. The van der Waals surface area contributed by atoms with Crippen LogP contribution in [0.15, 0.2) is 73.3 Å². The average molecular weight is 567 g/mol. The molecule has 1 saturated heterocycles. The summed E-state index contributed by atoms with van der Waals surface area (Å²) in [4.78, 5) is 25.7. The van der Waals surface area contributed by atoms with Crippen molar-refractivity contribution in [3.05, 3.63) is 78.9 Å². The number of piperazine rings is 1. The van der Waals surface area contributed by atoms with Crippen molar-refractivity contribution in [3.63, 3.8) is 0 Å². The van der Waals surface area contributed by atoms with Crippen LogP contribution in [-0.2, 0) is 11.3 Å². The van der Waals surface area contributed by atoms with Crippen molar-refractivity contribution in [1.82, 2.24) is 24.5 Å². The maximum Gasteiger partial charge on any atom is 0.410 e. The molecule has 1 aliphatic rings. The molecule has 3 aromatic heterocycles. The highest BCUT2D eigenvalue weighted by molar-refractivity contribution is 5.97. The van der Waals surface area contributed by atoms with Crippen LogP contribution in [0.25, 0.3) is 38.8 Å². The molecule has 4 heterocycles. The zero-order chi connectivity index (χ0) is 29.9. The predicted octanol–water partition coefficient (Wildman–Crippen LogP) is 6.19. The number of ether oxygens (including phenoxy) is 1. The van der Waals surface area contributed by atoms with Crippen LogP contribution in [0.4, 0.5) is 10.5 Å². The van der Waals surface area contributed by atoms with Crippen LogP contribution < -0.4 is 4.90 Å². The number of pyridine rings is 1. The highest BCUT2D eigenvalue weighted by atomic mass is 16.6. The molecule has 1 fully saturated rings. The number of carbonyl (C=O) groups excluding carboxylic acids is 1. The molecule has 9 heteroatoms. The van der Waals surface area contributed by atoms with E-state index in [9.17, 15) is 9.90 Å². The highest BCUT2D eigenvalue weighted by Crippen LogP contribution is 2.31. The molecule has 1 N–H and O–H groups in total. The Morgan fingerprint density at radius 2 is 1.64 bits per heavy atom. The van der Waals surface area contributed by atoms with Gasteiger partial charge in [-0.05, 0) is 61.7 Å². The van der Waals surface area contributed by atoms with Gasteiger partial charge in [0, 0.05) is 67.0 Å². The number of hydrogen-bond donors (Lipinski definition) is 1. The van der Waals surface area contributed by atoms with Gasteiger partial charge in [-0.15, -0.1) is 0 Å². The lowest BCUT2D eigenvalue weighted by Gasteiger charge is -2.36. The topological polar surface area (TPSA) is 96.1 Å². The summed E-state index contributed by atoms with van der Waals surface area (Å²) in [6.07, 6.45) is 7.23. The van der Waals surface area contributed by atoms with Crippen molar-refractivity contribution < 1.29 is 14.6 Å². The molecule has 42 heavy (non-hydrogen) atoms. The van der Waals surface area contributed by atoms with Crippen LogP contribution >= 0.6 is 0 Å². The maximum atomic E-state index is 12.4. The van der Waals surface area contributed by atoms with Gasteiger partial charge in [0.25, 0.3) is 0 Å². The Morgan fingerprint density at radius 3 is 2.33 bits per heavy atom. The smallest absolute Gasteiger partial charge is 0.410 e. The van der Waals surface area contributed by atoms with Crippen molar-refractivity contribution in [2.45, 2.75) is 46.8 Å². The molecular weight excluding hydrogens is 528 g/mol. The number of nitrogens with zero attached hydrogens (tertiary/aromatic N) is 6. The van der Waals surface area contributed by atoms with E-state index in [1.807, 2.05) is 82.0 Å². The molecule has 0 saturated carbocycles. The molecule has 1 aliphatic heterocycles. The Morgan fingerprint density at radius 1 is 0.905 bits per heavy atom. The number of aromatic nitrogens is 4. The summed E-state index contributed by atoms with van der Waals surface area (Å²) in [5.74, 6) is 0. The van der Waals surface area contributed by atoms with E-state index in [0.717, 1.165) is 63.1 Å². The lowest BCUT2D eigenvalue weighted by atomic mass is 10.0. The summed E-state index contributed by atoms with van der Waals surface area (Å²) in [6, 6.07) is 16.2. The van der Waals surface area contributed by atoms with E-state index in [1.165, 1.54) is 0 Å². The maximum absolute atomic E-state index is 12.4. The van der Waals surface area contributed by atoms with Gasteiger partial charge in [0.2, 0.25) is 0 Å². The van der Waals surface area contributed by atoms with Crippen LogP contribution in [0.2, 0.25) is 0 Å². The Hall–Kier alpha value is -4.50. The van der Waals surface area contributed by atoms with E-state index in [1.54, 1.807) is 11.1 Å². The lowest BCUT2D eigenvalue weighted by Crippen LogP contribution is -2.50. The molecule has 218 valence electrons. The van der Waals surface area contributed by atoms with Crippen molar-refractivity contribution in [2.24, 2.45) is 0 Å². The number of hydrogen-bond acceptors (Lipinski definition) is 7. The van der Waals surface area contributed by atoms with Crippen LogP contribution in [0, 0.1) is 0 Å². The molecule has 2 aromatic carbocycles. The SMILES string of the molecule is CC.CC(C)(C)OC(=O)N1CCN(c2ccc(-c3cnc4c(-c5ccnc6cc(CO)ccc56)cnn4c3)cc2)CC1. The fourth-order valence-corrected chi connectivity index (χ4v) is 5.08. The number of amides is 1. The molecule has 0 spiro atoms. The first-order valence-electron chi connectivity index (χ1n) is 14.4. The minimum Gasteiger partial charge on any atom is -0.444 e. The third-order valence-corrected chi connectivity index (χ3v) is 7.13. The Kier molecular flexibility index (Phi) is 8.40. The third-order valence-electron chi connectivity index (χ3n) is 7.13. The Labute approximate surface area is 246 Å². The van der Waals surface area contributed by atoms with Crippen LogP contribution in [-0.4, -0.2) is 67.5 Å². The number of benzene rings is 2. The van der Waals surface area contributed by atoms with Crippen molar-refractivity contribution in [3.8, 4) is 22.3 Å². The van der Waals surface area contributed by atoms with Gasteiger partial charge in [-0.2, -0.15) is 5.10 Å². The summed E-state index contributed by atoms with van der Waals surface area (Å²) in [5.41, 5.74) is 7.00. The summed E-state index contributed by atoms with van der Waals surface area (Å²) in [7, 11) is 0. The second-order valence-corrected chi connectivity index (χ2v) is 11.0. The fraction of sp³-hybridized carbons (Fsp3) is 0.333. The highest BCUT2D eigenvalue weighted by Gasteiger charge is 2.26. The normalized spacial score (nSPS) is 13.7. The quantitative estimate of drug-likeness (QED) is 0.277. The molecule has 1 amide bonds. The minimum absolute atomic E-state index is 0.0192. The van der Waals surface area contributed by atoms with Gasteiger partial charge in [0.05, 0.1) is 18.3 Å². The average Bonchev–Trinajstić information content (AvgIpc) is 3.44. The van der Waals surface area contributed by atoms with Crippen molar-refractivity contribution >= 4 is 28.3 Å². The number of fused-ring (bicyclic) bond motifs is 2. The van der Waals surface area contributed by atoms with E-state index in [2.05, 4.69) is 39.2 Å². The molecule has 9 nitrogen and oxygen atoms in total. The number of rotatable bonds is 4. The zero-order valence-electron chi connectivity index (χ0n) is 24.9. The first-order valence-corrected chi connectivity index (χ1v) is 14.4. The van der Waals surface area contributed by atoms with E-state index < -0.39 is 5.60 Å². The molecular formula is C33H38N6O3. The predicted molar refractivity (Wildman–Crippen MR) is 166 cm³/mol. The third kappa shape index (κ3) is 6.06. The van der Waals surface area contributed by atoms with Crippen molar-refractivity contribution in [1.29, 1.82) is 0 Å². The summed E-state index contributed by atoms with van der Waals surface area (Å²) in [5, 5.41) is 15.1. The molecule has 0 atom stereocenters.